The minimum atomic E-state index is -0.892. The van der Waals surface area contributed by atoms with E-state index in [1.54, 1.807) is 7.11 Å². The predicted octanol–water partition coefficient (Wildman–Crippen LogP) is 4.17. The van der Waals surface area contributed by atoms with E-state index in [4.69, 9.17) is 21.3 Å². The van der Waals surface area contributed by atoms with Gasteiger partial charge in [-0.15, -0.1) is 0 Å². The highest BCUT2D eigenvalue weighted by Gasteiger charge is 2.46. The van der Waals surface area contributed by atoms with E-state index < -0.39 is 6.10 Å². The molecule has 0 fully saturated rings. The Hall–Kier alpha value is -2.13. The number of ether oxygens (including phenoxy) is 1. The van der Waals surface area contributed by atoms with Gasteiger partial charge < -0.3 is 20.3 Å². The van der Waals surface area contributed by atoms with E-state index in [0.29, 0.717) is 29.9 Å². The van der Waals surface area contributed by atoms with Crippen LogP contribution in [0.25, 0.3) is 0 Å². The standard InChI is InChI=1S/C24H36ClN5O3/c1-23(2,3)28-22-26-20(25)19-18(12-16(32)14-31)30(24(4,5)6)29(21(19)27-22)13-15-8-10-17(33-7)11-9-15/h8-11,16,18,31-32H,12-14H2,1-7H3,(H,26,27,28). The number of aliphatic hydroxyl groups excluding tert-OH is 2. The lowest BCUT2D eigenvalue weighted by Crippen LogP contribution is -2.51. The van der Waals surface area contributed by atoms with Crippen molar-refractivity contribution in [1.29, 1.82) is 0 Å². The summed E-state index contributed by atoms with van der Waals surface area (Å²) >= 11 is 6.74. The number of hydrogen-bond acceptors (Lipinski definition) is 8. The van der Waals surface area contributed by atoms with Crippen LogP contribution in [0.2, 0.25) is 5.15 Å². The van der Waals surface area contributed by atoms with Crippen LogP contribution in [0.1, 0.15) is 65.1 Å². The molecule has 1 aliphatic rings. The van der Waals surface area contributed by atoms with Crippen LogP contribution in [0.5, 0.6) is 5.75 Å². The topological polar surface area (TPSA) is 94.0 Å². The zero-order chi connectivity index (χ0) is 24.6. The molecule has 3 rings (SSSR count). The molecule has 2 unspecified atom stereocenters. The maximum Gasteiger partial charge on any atom is 0.226 e. The summed E-state index contributed by atoms with van der Waals surface area (Å²) in [5.41, 5.74) is 1.26. The molecule has 0 aliphatic carbocycles. The van der Waals surface area contributed by atoms with Gasteiger partial charge in [-0.05, 0) is 65.7 Å². The van der Waals surface area contributed by atoms with E-state index in [1.165, 1.54) is 0 Å². The van der Waals surface area contributed by atoms with E-state index in [2.05, 4.69) is 41.1 Å². The van der Waals surface area contributed by atoms with Crippen LogP contribution in [0, 0.1) is 0 Å². The van der Waals surface area contributed by atoms with Crippen LogP contribution in [-0.2, 0) is 6.54 Å². The summed E-state index contributed by atoms with van der Waals surface area (Å²) in [6.45, 7) is 12.6. The maximum atomic E-state index is 10.4. The zero-order valence-corrected chi connectivity index (χ0v) is 21.3. The van der Waals surface area contributed by atoms with Crippen LogP contribution >= 0.6 is 11.6 Å². The first-order valence-corrected chi connectivity index (χ1v) is 11.6. The van der Waals surface area contributed by atoms with Crippen LogP contribution in [0.3, 0.4) is 0 Å². The highest BCUT2D eigenvalue weighted by molar-refractivity contribution is 6.30. The number of hydrazine groups is 1. The quantitative estimate of drug-likeness (QED) is 0.511. The Kier molecular flexibility index (Phi) is 7.43. The second kappa shape index (κ2) is 9.62. The van der Waals surface area contributed by atoms with E-state index in [-0.39, 0.29) is 23.7 Å². The molecular weight excluding hydrogens is 442 g/mol. The first kappa shape index (κ1) is 25.5. The van der Waals surface area contributed by atoms with Crippen LogP contribution in [-0.4, -0.2) is 56.1 Å². The van der Waals surface area contributed by atoms with Gasteiger partial charge in [0.05, 0.1) is 38.0 Å². The predicted molar refractivity (Wildman–Crippen MR) is 132 cm³/mol. The molecule has 3 N–H and O–H groups in total. The Bertz CT molecular complexity index is 956. The van der Waals surface area contributed by atoms with Crippen molar-refractivity contribution in [2.45, 2.75) is 77.7 Å². The molecule has 182 valence electrons. The third kappa shape index (κ3) is 5.87. The molecule has 2 heterocycles. The van der Waals surface area contributed by atoms with E-state index >= 15 is 0 Å². The lowest BCUT2D eigenvalue weighted by molar-refractivity contribution is 0.0232. The summed E-state index contributed by atoms with van der Waals surface area (Å²) in [6, 6.07) is 7.61. The minimum absolute atomic E-state index is 0.243. The third-order valence-electron chi connectivity index (χ3n) is 5.38. The van der Waals surface area contributed by atoms with Crippen molar-refractivity contribution in [3.05, 3.63) is 40.5 Å². The summed E-state index contributed by atoms with van der Waals surface area (Å²) in [6.07, 6.45) is -0.591. The Morgan fingerprint density at radius 1 is 1.12 bits per heavy atom. The third-order valence-corrected chi connectivity index (χ3v) is 5.67. The Balaban J connectivity index is 2.13. The van der Waals surface area contributed by atoms with Crippen LogP contribution in [0.15, 0.2) is 24.3 Å². The average Bonchev–Trinajstić information content (AvgIpc) is 3.00. The Labute approximate surface area is 201 Å². The second-order valence-corrected chi connectivity index (χ2v) is 10.8. The van der Waals surface area contributed by atoms with E-state index in [9.17, 15) is 10.2 Å². The molecule has 0 saturated heterocycles. The number of fused-ring (bicyclic) bond motifs is 1. The molecule has 0 amide bonds. The SMILES string of the molecule is COc1ccc(CN2c3nc(NC(C)(C)C)nc(Cl)c3C(CC(O)CO)N2C(C)(C)C)cc1. The molecule has 1 aromatic carbocycles. The first-order valence-electron chi connectivity index (χ1n) is 11.2. The van der Waals surface area contributed by atoms with Gasteiger partial charge in [-0.3, -0.25) is 5.01 Å². The molecule has 0 radical (unpaired) electrons. The van der Waals surface area contributed by atoms with Crippen molar-refractivity contribution in [2.24, 2.45) is 0 Å². The number of benzene rings is 1. The summed E-state index contributed by atoms with van der Waals surface area (Å²) in [4.78, 5) is 9.39. The number of halogens is 1. The highest BCUT2D eigenvalue weighted by atomic mass is 35.5. The van der Waals surface area contributed by atoms with Crippen molar-refractivity contribution in [1.82, 2.24) is 15.0 Å². The van der Waals surface area contributed by atoms with Crippen molar-refractivity contribution in [3.8, 4) is 5.75 Å². The van der Waals surface area contributed by atoms with Gasteiger partial charge in [-0.2, -0.15) is 4.98 Å². The van der Waals surface area contributed by atoms with Gasteiger partial charge in [-0.1, -0.05) is 23.7 Å². The average molecular weight is 478 g/mol. The number of aliphatic hydroxyl groups is 2. The minimum Gasteiger partial charge on any atom is -0.497 e. The summed E-state index contributed by atoms with van der Waals surface area (Å²) in [5, 5.41) is 27.9. The molecule has 0 spiro atoms. The van der Waals surface area contributed by atoms with Crippen molar-refractivity contribution < 1.29 is 14.9 Å². The van der Waals surface area contributed by atoms with Gasteiger partial charge >= 0.3 is 0 Å². The molecule has 9 heteroatoms. The van der Waals surface area contributed by atoms with Crippen molar-refractivity contribution in [3.63, 3.8) is 0 Å². The van der Waals surface area contributed by atoms with Gasteiger partial charge in [-0.25, -0.2) is 9.99 Å². The van der Waals surface area contributed by atoms with Gasteiger partial charge in [0.1, 0.15) is 10.9 Å². The fourth-order valence-electron chi connectivity index (χ4n) is 4.13. The Morgan fingerprint density at radius 3 is 2.27 bits per heavy atom. The molecule has 2 aromatic rings. The largest absolute Gasteiger partial charge is 0.497 e. The van der Waals surface area contributed by atoms with Gasteiger partial charge in [0.15, 0.2) is 5.82 Å². The number of hydrogen-bond donors (Lipinski definition) is 3. The fraction of sp³-hybridized carbons (Fsp3) is 0.583. The highest BCUT2D eigenvalue weighted by Crippen LogP contribution is 2.48. The van der Waals surface area contributed by atoms with Crippen LogP contribution < -0.4 is 15.1 Å². The number of methoxy groups -OCH3 is 1. The molecule has 0 saturated carbocycles. The smallest absolute Gasteiger partial charge is 0.226 e. The molecular formula is C24H36ClN5O3. The fourth-order valence-corrected chi connectivity index (χ4v) is 4.42. The van der Waals surface area contributed by atoms with Gasteiger partial charge in [0, 0.05) is 11.1 Å². The molecule has 8 nitrogen and oxygen atoms in total. The number of nitrogens with zero attached hydrogens (tertiary/aromatic N) is 4. The Morgan fingerprint density at radius 2 is 1.76 bits per heavy atom. The lowest BCUT2D eigenvalue weighted by atomic mass is 9.99. The molecule has 1 aromatic heterocycles. The van der Waals surface area contributed by atoms with Crippen molar-refractivity contribution in [2.75, 3.05) is 24.0 Å². The molecule has 33 heavy (non-hydrogen) atoms. The van der Waals surface area contributed by atoms with Crippen LogP contribution in [0.4, 0.5) is 11.8 Å². The van der Waals surface area contributed by atoms with Crippen molar-refractivity contribution >= 4 is 23.4 Å². The second-order valence-electron chi connectivity index (χ2n) is 10.5. The number of aromatic nitrogens is 2. The molecule has 1 aliphatic heterocycles. The number of anilines is 2. The number of nitrogens with one attached hydrogen (secondary N) is 1. The van der Waals surface area contributed by atoms with Gasteiger partial charge in [0.2, 0.25) is 5.95 Å². The lowest BCUT2D eigenvalue weighted by Gasteiger charge is -2.43. The van der Waals surface area contributed by atoms with Gasteiger partial charge in [0.25, 0.3) is 0 Å². The van der Waals surface area contributed by atoms with E-state index in [0.717, 1.165) is 16.9 Å². The summed E-state index contributed by atoms with van der Waals surface area (Å²) in [7, 11) is 1.65. The maximum absolute atomic E-state index is 10.4. The molecule has 2 atom stereocenters. The normalized spacial score (nSPS) is 17.8. The first-order chi connectivity index (χ1) is 15.3. The monoisotopic (exact) mass is 477 g/mol. The molecule has 0 bridgehead atoms. The number of rotatable bonds is 7. The summed E-state index contributed by atoms with van der Waals surface area (Å²) < 4.78 is 5.30. The summed E-state index contributed by atoms with van der Waals surface area (Å²) in [5.74, 6) is 1.94. The zero-order valence-electron chi connectivity index (χ0n) is 20.6. The van der Waals surface area contributed by atoms with E-state index in [1.807, 2.05) is 45.0 Å².